The maximum atomic E-state index is 12.7. The molecule has 1 aromatic heterocycles. The highest BCUT2D eigenvalue weighted by molar-refractivity contribution is 7.10. The zero-order chi connectivity index (χ0) is 15.1. The van der Waals surface area contributed by atoms with Crippen LogP contribution in [0.3, 0.4) is 0 Å². The Labute approximate surface area is 129 Å². The first-order valence-corrected chi connectivity index (χ1v) is 8.57. The van der Waals surface area contributed by atoms with E-state index >= 15 is 0 Å². The molecule has 1 saturated heterocycles. The molecule has 0 saturated carbocycles. The van der Waals surface area contributed by atoms with E-state index in [0.717, 1.165) is 19.3 Å². The van der Waals surface area contributed by atoms with Gasteiger partial charge >= 0.3 is 0 Å². The Morgan fingerprint density at radius 1 is 1.38 bits per heavy atom. The van der Waals surface area contributed by atoms with Gasteiger partial charge in [-0.15, -0.1) is 11.3 Å². The Hall–Kier alpha value is -1.36. The van der Waals surface area contributed by atoms with Gasteiger partial charge in [0.05, 0.1) is 6.04 Å². The molecule has 1 aliphatic carbocycles. The highest BCUT2D eigenvalue weighted by Gasteiger charge is 2.44. The van der Waals surface area contributed by atoms with Gasteiger partial charge in [-0.05, 0) is 49.1 Å². The van der Waals surface area contributed by atoms with Crippen molar-refractivity contribution in [1.29, 1.82) is 0 Å². The summed E-state index contributed by atoms with van der Waals surface area (Å²) in [6.45, 7) is 5.80. The van der Waals surface area contributed by atoms with Gasteiger partial charge in [-0.2, -0.15) is 0 Å². The molecule has 1 N–H and O–H groups in total. The topological polar surface area (TPSA) is 49.4 Å². The van der Waals surface area contributed by atoms with Crippen LogP contribution >= 0.6 is 11.3 Å². The predicted molar refractivity (Wildman–Crippen MR) is 83.1 cm³/mol. The van der Waals surface area contributed by atoms with E-state index in [1.807, 2.05) is 18.7 Å². The number of thiophene rings is 1. The van der Waals surface area contributed by atoms with E-state index in [1.165, 1.54) is 10.4 Å². The van der Waals surface area contributed by atoms with Gasteiger partial charge in [0.2, 0.25) is 11.8 Å². The molecule has 0 spiro atoms. The summed E-state index contributed by atoms with van der Waals surface area (Å²) in [5, 5.41) is 4.92. The molecule has 1 fully saturated rings. The smallest absolute Gasteiger partial charge is 0.246 e. The largest absolute Gasteiger partial charge is 0.343 e. The maximum absolute atomic E-state index is 12.7. The number of carbonyl (C=O) groups excluding carboxylic acids is 2. The summed E-state index contributed by atoms with van der Waals surface area (Å²) in [4.78, 5) is 28.4. The molecule has 21 heavy (non-hydrogen) atoms. The normalized spacial score (nSPS) is 29.5. The van der Waals surface area contributed by atoms with Gasteiger partial charge in [-0.25, -0.2) is 0 Å². The number of rotatable bonds is 2. The lowest BCUT2D eigenvalue weighted by molar-refractivity contribution is -0.154. The minimum absolute atomic E-state index is 0.0144. The first-order valence-electron chi connectivity index (χ1n) is 7.69. The average molecular weight is 306 g/mol. The number of aryl methyl sites for hydroxylation is 1. The quantitative estimate of drug-likeness (QED) is 0.912. The molecule has 1 aliphatic heterocycles. The Kier molecular flexibility index (Phi) is 3.78. The van der Waals surface area contributed by atoms with Gasteiger partial charge in [-0.1, -0.05) is 13.8 Å². The minimum atomic E-state index is -0.420. The highest BCUT2D eigenvalue weighted by Crippen LogP contribution is 2.40. The fourth-order valence-electron chi connectivity index (χ4n) is 3.57. The van der Waals surface area contributed by atoms with Gasteiger partial charge in [-0.3, -0.25) is 9.59 Å². The number of carbonyl (C=O) groups is 2. The van der Waals surface area contributed by atoms with Gasteiger partial charge in [0.15, 0.2) is 0 Å². The third kappa shape index (κ3) is 2.37. The number of nitrogens with one attached hydrogen (secondary N) is 1. The van der Waals surface area contributed by atoms with E-state index in [4.69, 9.17) is 0 Å². The lowest BCUT2D eigenvalue weighted by Crippen LogP contribution is -2.64. The third-order valence-corrected chi connectivity index (χ3v) is 5.54. The maximum Gasteiger partial charge on any atom is 0.246 e. The van der Waals surface area contributed by atoms with E-state index in [2.05, 4.69) is 16.8 Å². The van der Waals surface area contributed by atoms with Crippen LogP contribution in [0, 0.1) is 5.92 Å². The molecular formula is C16H22N2O2S. The van der Waals surface area contributed by atoms with Crippen LogP contribution in [0.1, 0.15) is 50.1 Å². The molecule has 0 bridgehead atoms. The second-order valence-corrected chi connectivity index (χ2v) is 7.37. The summed E-state index contributed by atoms with van der Waals surface area (Å²) in [7, 11) is 0. The molecule has 114 valence electrons. The monoisotopic (exact) mass is 306 g/mol. The summed E-state index contributed by atoms with van der Waals surface area (Å²) in [5.74, 6) is 0.155. The standard InChI is InChI=1S/C16H22N2O2S/c1-9(2)14-15(19)17-10(3)16(20)18(14)12-5-4-6-13-11(12)7-8-21-13/h7-10,12,14H,4-6H2,1-3H3,(H,17,19). The van der Waals surface area contributed by atoms with Gasteiger partial charge in [0.25, 0.3) is 0 Å². The minimum Gasteiger partial charge on any atom is -0.343 e. The highest BCUT2D eigenvalue weighted by atomic mass is 32.1. The van der Waals surface area contributed by atoms with Crippen molar-refractivity contribution in [2.75, 3.05) is 0 Å². The van der Waals surface area contributed by atoms with Crippen LogP contribution in [0.4, 0.5) is 0 Å². The van der Waals surface area contributed by atoms with Crippen LogP contribution in [0.15, 0.2) is 11.4 Å². The molecule has 2 aliphatic rings. The molecule has 2 amide bonds. The van der Waals surface area contributed by atoms with Crippen LogP contribution in [0.5, 0.6) is 0 Å². The molecule has 2 heterocycles. The number of fused-ring (bicyclic) bond motifs is 1. The second kappa shape index (κ2) is 5.44. The fraction of sp³-hybridized carbons (Fsp3) is 0.625. The van der Waals surface area contributed by atoms with Crippen molar-refractivity contribution >= 4 is 23.2 Å². The molecule has 5 heteroatoms. The van der Waals surface area contributed by atoms with Crippen molar-refractivity contribution < 1.29 is 9.59 Å². The summed E-state index contributed by atoms with van der Waals surface area (Å²) in [6.07, 6.45) is 3.14. The lowest BCUT2D eigenvalue weighted by atomic mass is 9.87. The van der Waals surface area contributed by atoms with E-state index in [0.29, 0.717) is 0 Å². The molecule has 4 nitrogen and oxygen atoms in total. The Balaban J connectivity index is 2.01. The van der Waals surface area contributed by atoms with Crippen LogP contribution < -0.4 is 5.32 Å². The van der Waals surface area contributed by atoms with Crippen molar-refractivity contribution in [3.8, 4) is 0 Å². The molecule has 3 unspecified atom stereocenters. The van der Waals surface area contributed by atoms with Crippen LogP contribution in [0.25, 0.3) is 0 Å². The molecule has 3 rings (SSSR count). The van der Waals surface area contributed by atoms with E-state index in [1.54, 1.807) is 18.3 Å². The van der Waals surface area contributed by atoms with Gasteiger partial charge in [0.1, 0.15) is 12.1 Å². The van der Waals surface area contributed by atoms with Gasteiger partial charge < -0.3 is 10.2 Å². The van der Waals surface area contributed by atoms with Crippen LogP contribution in [0.2, 0.25) is 0 Å². The van der Waals surface area contributed by atoms with E-state index in [-0.39, 0.29) is 29.8 Å². The summed E-state index contributed by atoms with van der Waals surface area (Å²) >= 11 is 1.77. The molecule has 1 aromatic rings. The zero-order valence-corrected chi connectivity index (χ0v) is 13.6. The third-order valence-electron chi connectivity index (χ3n) is 4.54. The lowest BCUT2D eigenvalue weighted by Gasteiger charge is -2.45. The number of amides is 2. The van der Waals surface area contributed by atoms with E-state index in [9.17, 15) is 9.59 Å². The summed E-state index contributed by atoms with van der Waals surface area (Å²) < 4.78 is 0. The second-order valence-electron chi connectivity index (χ2n) is 6.37. The molecule has 0 aromatic carbocycles. The predicted octanol–water partition coefficient (Wildman–Crippen LogP) is 2.50. The van der Waals surface area contributed by atoms with Crippen molar-refractivity contribution in [1.82, 2.24) is 10.2 Å². The number of hydrogen-bond acceptors (Lipinski definition) is 3. The van der Waals surface area contributed by atoms with Crippen molar-refractivity contribution in [2.45, 2.75) is 58.2 Å². The molecule has 3 atom stereocenters. The first kappa shape index (κ1) is 14.6. The number of hydrogen-bond donors (Lipinski definition) is 1. The molecular weight excluding hydrogens is 284 g/mol. The summed E-state index contributed by atoms with van der Waals surface area (Å²) in [6, 6.07) is 1.42. The first-order chi connectivity index (χ1) is 10.0. The van der Waals surface area contributed by atoms with Crippen LogP contribution in [-0.2, 0) is 16.0 Å². The van der Waals surface area contributed by atoms with Crippen molar-refractivity contribution in [3.05, 3.63) is 21.9 Å². The van der Waals surface area contributed by atoms with Gasteiger partial charge in [0, 0.05) is 4.88 Å². The zero-order valence-electron chi connectivity index (χ0n) is 12.8. The Bertz CT molecular complexity index is 566. The SMILES string of the molecule is CC1NC(=O)C(C(C)C)N(C2CCCc3sccc32)C1=O. The van der Waals surface area contributed by atoms with E-state index < -0.39 is 6.04 Å². The number of nitrogens with zero attached hydrogens (tertiary/aromatic N) is 1. The summed E-state index contributed by atoms with van der Waals surface area (Å²) in [5.41, 5.74) is 1.26. The fourth-order valence-corrected chi connectivity index (χ4v) is 4.55. The van der Waals surface area contributed by atoms with Crippen LogP contribution in [-0.4, -0.2) is 28.8 Å². The number of piperazine rings is 1. The van der Waals surface area contributed by atoms with Crippen molar-refractivity contribution in [3.63, 3.8) is 0 Å². The van der Waals surface area contributed by atoms with Crippen molar-refractivity contribution in [2.24, 2.45) is 5.92 Å². The molecule has 0 radical (unpaired) electrons. The average Bonchev–Trinajstić information content (AvgIpc) is 2.90. The Morgan fingerprint density at radius 2 is 2.14 bits per heavy atom. The Morgan fingerprint density at radius 3 is 2.86 bits per heavy atom.